The number of methoxy groups -OCH3 is 1. The Kier molecular flexibility index (Phi) is 7.27. The van der Waals surface area contributed by atoms with E-state index < -0.39 is 0 Å². The zero-order chi connectivity index (χ0) is 10.8. The van der Waals surface area contributed by atoms with Crippen molar-refractivity contribution >= 4 is 0 Å². The molecular formula is C11H16N2O. The molecule has 0 spiro atoms. The van der Waals surface area contributed by atoms with Crippen LogP contribution in [0.15, 0.2) is 11.8 Å². The minimum atomic E-state index is -0.341. The molecule has 0 radical (unpaired) electrons. The quantitative estimate of drug-likeness (QED) is 0.608. The Balaban J connectivity index is 4.26. The van der Waals surface area contributed by atoms with Crippen LogP contribution in [-0.4, -0.2) is 7.11 Å². The lowest BCUT2D eigenvalue weighted by Gasteiger charge is -2.06. The average molecular weight is 192 g/mol. The van der Waals surface area contributed by atoms with Crippen LogP contribution in [0.3, 0.4) is 0 Å². The molecule has 0 saturated carbocycles. The Labute approximate surface area is 85.6 Å². The molecule has 0 amide bonds. The Hall–Kier alpha value is -1.48. The van der Waals surface area contributed by atoms with Gasteiger partial charge in [-0.05, 0) is 12.5 Å². The monoisotopic (exact) mass is 192 g/mol. The van der Waals surface area contributed by atoms with Crippen LogP contribution >= 0.6 is 0 Å². The molecule has 0 aliphatic heterocycles. The van der Waals surface area contributed by atoms with Crippen molar-refractivity contribution in [2.24, 2.45) is 5.92 Å². The van der Waals surface area contributed by atoms with Gasteiger partial charge in [0.1, 0.15) is 0 Å². The summed E-state index contributed by atoms with van der Waals surface area (Å²) < 4.78 is 5.13. The third kappa shape index (κ3) is 5.22. The van der Waals surface area contributed by atoms with Crippen LogP contribution < -0.4 is 0 Å². The molecule has 0 aromatic rings. The van der Waals surface area contributed by atoms with E-state index in [1.54, 1.807) is 13.2 Å². The Morgan fingerprint density at radius 1 is 1.50 bits per heavy atom. The van der Waals surface area contributed by atoms with Gasteiger partial charge in [0, 0.05) is 6.42 Å². The summed E-state index contributed by atoms with van der Waals surface area (Å²) in [7, 11) is 1.60. The first-order valence-electron chi connectivity index (χ1n) is 4.79. The molecule has 0 heterocycles. The maximum Gasteiger partial charge on any atom is 0.0929 e. The van der Waals surface area contributed by atoms with Crippen LogP contribution in [0, 0.1) is 28.6 Å². The molecule has 0 aliphatic carbocycles. The van der Waals surface area contributed by atoms with Crippen LogP contribution in [0.5, 0.6) is 0 Å². The number of allylic oxidation sites excluding steroid dienone is 2. The van der Waals surface area contributed by atoms with E-state index in [-0.39, 0.29) is 12.3 Å². The van der Waals surface area contributed by atoms with Crippen molar-refractivity contribution in [3.8, 4) is 12.1 Å². The highest BCUT2D eigenvalue weighted by Crippen LogP contribution is 2.13. The molecule has 3 heteroatoms. The third-order valence-corrected chi connectivity index (χ3v) is 1.90. The molecular weight excluding hydrogens is 176 g/mol. The summed E-state index contributed by atoms with van der Waals surface area (Å²) in [5, 5.41) is 17.2. The summed E-state index contributed by atoms with van der Waals surface area (Å²) in [4.78, 5) is 0. The topological polar surface area (TPSA) is 56.8 Å². The van der Waals surface area contributed by atoms with E-state index in [2.05, 4.69) is 13.0 Å². The van der Waals surface area contributed by atoms with E-state index in [0.29, 0.717) is 0 Å². The van der Waals surface area contributed by atoms with Crippen molar-refractivity contribution < 1.29 is 4.74 Å². The second-order valence-corrected chi connectivity index (χ2v) is 3.04. The first-order valence-corrected chi connectivity index (χ1v) is 4.79. The predicted molar refractivity (Wildman–Crippen MR) is 54.0 cm³/mol. The van der Waals surface area contributed by atoms with Crippen LogP contribution in [0.25, 0.3) is 0 Å². The number of hydrogen-bond donors (Lipinski definition) is 0. The summed E-state index contributed by atoms with van der Waals surface area (Å²) in [6.45, 7) is 2.10. The fraction of sp³-hybridized carbons (Fsp3) is 0.636. The standard InChI is InChI=1S/C11H16N2O/c1-3-4-5-11(14-2)8-10(9-13)6-7-12/h8,10H,3-6H2,1-2H3/b11-8-. The highest BCUT2D eigenvalue weighted by Gasteiger charge is 2.05. The van der Waals surface area contributed by atoms with E-state index in [9.17, 15) is 0 Å². The molecule has 0 aromatic carbocycles. The van der Waals surface area contributed by atoms with Crippen molar-refractivity contribution in [3.05, 3.63) is 11.8 Å². The maximum absolute atomic E-state index is 8.73. The van der Waals surface area contributed by atoms with Gasteiger partial charge in [0.05, 0.1) is 37.3 Å². The SMILES string of the molecule is CCCC/C(=C/C(C#N)CC#N)OC. The number of ether oxygens (including phenoxy) is 1. The van der Waals surface area contributed by atoms with E-state index in [4.69, 9.17) is 15.3 Å². The van der Waals surface area contributed by atoms with Gasteiger partial charge in [-0.25, -0.2) is 0 Å². The molecule has 0 bridgehead atoms. The second kappa shape index (κ2) is 8.13. The highest BCUT2D eigenvalue weighted by molar-refractivity contribution is 5.07. The van der Waals surface area contributed by atoms with Crippen LogP contribution in [-0.2, 0) is 4.74 Å². The fourth-order valence-electron chi connectivity index (χ4n) is 1.07. The highest BCUT2D eigenvalue weighted by atomic mass is 16.5. The molecule has 76 valence electrons. The first kappa shape index (κ1) is 12.5. The number of nitriles is 2. The van der Waals surface area contributed by atoms with E-state index in [1.165, 1.54) is 0 Å². The molecule has 0 fully saturated rings. The minimum absolute atomic E-state index is 0.232. The lowest BCUT2D eigenvalue weighted by molar-refractivity contribution is 0.271. The average Bonchev–Trinajstić information content (AvgIpc) is 2.22. The second-order valence-electron chi connectivity index (χ2n) is 3.04. The lowest BCUT2D eigenvalue weighted by Crippen LogP contribution is -1.95. The number of rotatable bonds is 6. The molecule has 0 aliphatic rings. The van der Waals surface area contributed by atoms with Gasteiger partial charge in [0.2, 0.25) is 0 Å². The maximum atomic E-state index is 8.73. The van der Waals surface area contributed by atoms with Crippen molar-refractivity contribution in [2.75, 3.05) is 7.11 Å². The normalized spacial score (nSPS) is 12.7. The largest absolute Gasteiger partial charge is 0.501 e. The predicted octanol–water partition coefficient (Wildman–Crippen LogP) is 2.76. The number of unbranched alkanes of at least 4 members (excludes halogenated alkanes) is 1. The number of hydrogen-bond acceptors (Lipinski definition) is 3. The Morgan fingerprint density at radius 3 is 2.64 bits per heavy atom. The molecule has 0 N–H and O–H groups in total. The fourth-order valence-corrected chi connectivity index (χ4v) is 1.07. The third-order valence-electron chi connectivity index (χ3n) is 1.90. The van der Waals surface area contributed by atoms with Crippen molar-refractivity contribution in [2.45, 2.75) is 32.6 Å². The summed E-state index contributed by atoms with van der Waals surface area (Å²) in [5.41, 5.74) is 0. The summed E-state index contributed by atoms with van der Waals surface area (Å²) in [6.07, 6.45) is 4.96. The van der Waals surface area contributed by atoms with Gasteiger partial charge in [-0.2, -0.15) is 10.5 Å². The molecule has 0 aromatic heterocycles. The smallest absolute Gasteiger partial charge is 0.0929 e. The Bertz CT molecular complexity index is 257. The summed E-state index contributed by atoms with van der Waals surface area (Å²) in [5.74, 6) is 0.473. The van der Waals surface area contributed by atoms with Crippen LogP contribution in [0.2, 0.25) is 0 Å². The molecule has 14 heavy (non-hydrogen) atoms. The summed E-state index contributed by atoms with van der Waals surface area (Å²) in [6, 6.07) is 4.05. The van der Waals surface area contributed by atoms with Gasteiger partial charge in [-0.3, -0.25) is 0 Å². The van der Waals surface area contributed by atoms with Gasteiger partial charge >= 0.3 is 0 Å². The first-order chi connectivity index (χ1) is 6.78. The number of nitrogens with zero attached hydrogens (tertiary/aromatic N) is 2. The molecule has 0 rings (SSSR count). The molecule has 3 nitrogen and oxygen atoms in total. The van der Waals surface area contributed by atoms with E-state index >= 15 is 0 Å². The Morgan fingerprint density at radius 2 is 2.21 bits per heavy atom. The van der Waals surface area contributed by atoms with Gasteiger partial charge < -0.3 is 4.74 Å². The van der Waals surface area contributed by atoms with Gasteiger partial charge in [0.25, 0.3) is 0 Å². The van der Waals surface area contributed by atoms with Gasteiger partial charge in [0.15, 0.2) is 0 Å². The minimum Gasteiger partial charge on any atom is -0.501 e. The van der Waals surface area contributed by atoms with E-state index in [0.717, 1.165) is 25.0 Å². The molecule has 0 saturated heterocycles. The van der Waals surface area contributed by atoms with Gasteiger partial charge in [-0.1, -0.05) is 13.3 Å². The summed E-state index contributed by atoms with van der Waals surface area (Å²) >= 11 is 0. The van der Waals surface area contributed by atoms with Crippen LogP contribution in [0.4, 0.5) is 0 Å². The molecule has 1 unspecified atom stereocenters. The molecule has 1 atom stereocenters. The van der Waals surface area contributed by atoms with Crippen molar-refractivity contribution in [1.29, 1.82) is 10.5 Å². The zero-order valence-corrected chi connectivity index (χ0v) is 8.79. The lowest BCUT2D eigenvalue weighted by atomic mass is 10.1. The van der Waals surface area contributed by atoms with Crippen molar-refractivity contribution in [1.82, 2.24) is 0 Å². The zero-order valence-electron chi connectivity index (χ0n) is 8.79. The van der Waals surface area contributed by atoms with E-state index in [1.807, 2.05) is 6.07 Å². The van der Waals surface area contributed by atoms with Crippen LogP contribution in [0.1, 0.15) is 32.6 Å². The van der Waals surface area contributed by atoms with Gasteiger partial charge in [-0.15, -0.1) is 0 Å². The van der Waals surface area contributed by atoms with Crippen molar-refractivity contribution in [3.63, 3.8) is 0 Å².